The van der Waals surface area contributed by atoms with Gasteiger partial charge in [-0.3, -0.25) is 0 Å². The Bertz CT molecular complexity index is 732. The third kappa shape index (κ3) is 2.33. The maximum absolute atomic E-state index is 10.2. The number of hydrogen-bond acceptors (Lipinski definition) is 5. The van der Waals surface area contributed by atoms with Crippen molar-refractivity contribution in [2.45, 2.75) is 6.92 Å². The zero-order chi connectivity index (χ0) is 13.9. The standard InChI is InChI=1S/C14H12N4OS/c1-10-13(16-15-12-8-5-9-20-12)14(19)18(17-10)11-6-3-2-4-7-11/h2-9,19H,1H3. The summed E-state index contributed by atoms with van der Waals surface area (Å²) in [5, 5.41) is 25.4. The second-order valence-electron chi connectivity index (χ2n) is 4.16. The van der Waals surface area contributed by atoms with Crippen LogP contribution >= 0.6 is 11.3 Å². The zero-order valence-corrected chi connectivity index (χ0v) is 11.6. The number of azo groups is 1. The van der Waals surface area contributed by atoms with Gasteiger partial charge in [-0.15, -0.1) is 21.6 Å². The van der Waals surface area contributed by atoms with Crippen LogP contribution in [0, 0.1) is 6.92 Å². The van der Waals surface area contributed by atoms with Crippen molar-refractivity contribution in [3.05, 3.63) is 53.5 Å². The van der Waals surface area contributed by atoms with Crippen LogP contribution in [-0.4, -0.2) is 14.9 Å². The van der Waals surface area contributed by atoms with Gasteiger partial charge >= 0.3 is 0 Å². The molecule has 20 heavy (non-hydrogen) atoms. The van der Waals surface area contributed by atoms with Crippen molar-refractivity contribution in [3.63, 3.8) is 0 Å². The van der Waals surface area contributed by atoms with Gasteiger partial charge < -0.3 is 5.11 Å². The minimum atomic E-state index is -0.00555. The van der Waals surface area contributed by atoms with E-state index in [1.807, 2.05) is 47.8 Å². The van der Waals surface area contributed by atoms with E-state index in [1.165, 1.54) is 16.0 Å². The molecule has 2 aromatic heterocycles. The zero-order valence-electron chi connectivity index (χ0n) is 10.8. The quantitative estimate of drug-likeness (QED) is 0.726. The molecule has 0 aliphatic rings. The maximum atomic E-state index is 10.2. The average molecular weight is 284 g/mol. The van der Waals surface area contributed by atoms with Crippen molar-refractivity contribution < 1.29 is 5.11 Å². The minimum absolute atomic E-state index is 0.00555. The molecule has 6 heteroatoms. The highest BCUT2D eigenvalue weighted by molar-refractivity contribution is 7.13. The Hall–Kier alpha value is -2.47. The van der Waals surface area contributed by atoms with E-state index in [2.05, 4.69) is 15.3 Å². The van der Waals surface area contributed by atoms with Gasteiger partial charge in [0.2, 0.25) is 5.88 Å². The topological polar surface area (TPSA) is 62.8 Å². The van der Waals surface area contributed by atoms with E-state index in [0.29, 0.717) is 11.4 Å². The van der Waals surface area contributed by atoms with Crippen LogP contribution < -0.4 is 0 Å². The van der Waals surface area contributed by atoms with Gasteiger partial charge in [-0.1, -0.05) is 18.2 Å². The van der Waals surface area contributed by atoms with Gasteiger partial charge in [-0.25, -0.2) is 0 Å². The predicted octanol–water partition coefficient (Wildman–Crippen LogP) is 4.36. The first-order chi connectivity index (χ1) is 9.75. The fraction of sp³-hybridized carbons (Fsp3) is 0.0714. The number of para-hydroxylation sites is 1. The van der Waals surface area contributed by atoms with Gasteiger partial charge in [0.1, 0.15) is 5.00 Å². The number of aromatic nitrogens is 2. The van der Waals surface area contributed by atoms with E-state index in [9.17, 15) is 5.11 Å². The Balaban J connectivity index is 1.99. The molecule has 0 aliphatic carbocycles. The lowest BCUT2D eigenvalue weighted by Crippen LogP contribution is -1.94. The number of rotatable bonds is 3. The molecule has 5 nitrogen and oxygen atoms in total. The van der Waals surface area contributed by atoms with Gasteiger partial charge in [0, 0.05) is 0 Å². The smallest absolute Gasteiger partial charge is 0.243 e. The van der Waals surface area contributed by atoms with E-state index < -0.39 is 0 Å². The van der Waals surface area contributed by atoms with Gasteiger partial charge in [-0.2, -0.15) is 9.78 Å². The van der Waals surface area contributed by atoms with Gasteiger partial charge in [-0.05, 0) is 36.6 Å². The molecule has 3 aromatic rings. The van der Waals surface area contributed by atoms with Crippen LogP contribution in [-0.2, 0) is 0 Å². The summed E-state index contributed by atoms with van der Waals surface area (Å²) in [5.74, 6) is -0.00555. The highest BCUT2D eigenvalue weighted by Gasteiger charge is 2.15. The van der Waals surface area contributed by atoms with Crippen molar-refractivity contribution in [2.24, 2.45) is 10.2 Å². The van der Waals surface area contributed by atoms with Gasteiger partial charge in [0.15, 0.2) is 5.69 Å². The molecule has 0 unspecified atom stereocenters. The van der Waals surface area contributed by atoms with E-state index in [0.717, 1.165) is 10.7 Å². The summed E-state index contributed by atoms with van der Waals surface area (Å²) in [6.45, 7) is 1.79. The van der Waals surface area contributed by atoms with Crippen molar-refractivity contribution in [1.29, 1.82) is 0 Å². The minimum Gasteiger partial charge on any atom is -0.492 e. The van der Waals surface area contributed by atoms with Crippen LogP contribution in [0.25, 0.3) is 5.69 Å². The van der Waals surface area contributed by atoms with Crippen LogP contribution in [0.1, 0.15) is 5.69 Å². The summed E-state index contributed by atoms with van der Waals surface area (Å²) >= 11 is 1.49. The first-order valence-electron chi connectivity index (χ1n) is 6.05. The molecule has 0 spiro atoms. The predicted molar refractivity (Wildman–Crippen MR) is 78.5 cm³/mol. The lowest BCUT2D eigenvalue weighted by molar-refractivity contribution is 0.434. The Labute approximate surface area is 119 Å². The summed E-state index contributed by atoms with van der Waals surface area (Å²) in [7, 11) is 0. The molecule has 3 rings (SSSR count). The fourth-order valence-electron chi connectivity index (χ4n) is 1.80. The van der Waals surface area contributed by atoms with E-state index in [4.69, 9.17) is 0 Å². The number of aromatic hydroxyl groups is 1. The molecule has 100 valence electrons. The molecule has 1 N–H and O–H groups in total. The first-order valence-corrected chi connectivity index (χ1v) is 6.93. The molecular formula is C14H12N4OS. The molecule has 0 atom stereocenters. The third-order valence-corrected chi connectivity index (χ3v) is 3.51. The molecule has 0 saturated carbocycles. The molecular weight excluding hydrogens is 272 g/mol. The van der Waals surface area contributed by atoms with E-state index in [-0.39, 0.29) is 5.88 Å². The number of thiophene rings is 1. The summed E-state index contributed by atoms with van der Waals surface area (Å²) < 4.78 is 1.46. The van der Waals surface area contributed by atoms with Crippen LogP contribution in [0.2, 0.25) is 0 Å². The maximum Gasteiger partial charge on any atom is 0.243 e. The number of aryl methyl sites for hydroxylation is 1. The van der Waals surface area contributed by atoms with Gasteiger partial charge in [0.25, 0.3) is 0 Å². The first kappa shape index (κ1) is 12.6. The van der Waals surface area contributed by atoms with E-state index >= 15 is 0 Å². The normalized spacial score (nSPS) is 11.2. The highest BCUT2D eigenvalue weighted by Crippen LogP contribution is 2.34. The largest absolute Gasteiger partial charge is 0.492 e. The lowest BCUT2D eigenvalue weighted by atomic mass is 10.3. The van der Waals surface area contributed by atoms with Crippen LogP contribution in [0.15, 0.2) is 58.1 Å². The Morgan fingerprint density at radius 2 is 1.90 bits per heavy atom. The van der Waals surface area contributed by atoms with Crippen molar-refractivity contribution in [1.82, 2.24) is 9.78 Å². The second-order valence-corrected chi connectivity index (χ2v) is 5.08. The molecule has 0 amide bonds. The van der Waals surface area contributed by atoms with Crippen molar-refractivity contribution >= 4 is 22.0 Å². The fourth-order valence-corrected chi connectivity index (χ4v) is 2.34. The molecule has 0 aliphatic heterocycles. The average Bonchev–Trinajstić information content (AvgIpc) is 3.07. The summed E-state index contributed by atoms with van der Waals surface area (Å²) in [5.41, 5.74) is 1.81. The number of nitrogens with zero attached hydrogens (tertiary/aromatic N) is 4. The molecule has 2 heterocycles. The number of hydrogen-bond donors (Lipinski definition) is 1. The third-order valence-electron chi connectivity index (χ3n) is 2.76. The summed E-state index contributed by atoms with van der Waals surface area (Å²) in [6.07, 6.45) is 0. The Morgan fingerprint density at radius 3 is 2.60 bits per heavy atom. The molecule has 0 saturated heterocycles. The Morgan fingerprint density at radius 1 is 1.10 bits per heavy atom. The van der Waals surface area contributed by atoms with Crippen molar-refractivity contribution in [3.8, 4) is 11.6 Å². The lowest BCUT2D eigenvalue weighted by Gasteiger charge is -2.01. The summed E-state index contributed by atoms with van der Waals surface area (Å²) in [4.78, 5) is 0. The molecule has 1 aromatic carbocycles. The SMILES string of the molecule is Cc1nn(-c2ccccc2)c(O)c1N=Nc1cccs1. The molecule has 0 fully saturated rings. The molecule has 0 radical (unpaired) electrons. The van der Waals surface area contributed by atoms with Gasteiger partial charge in [0.05, 0.1) is 11.4 Å². The van der Waals surface area contributed by atoms with Crippen molar-refractivity contribution in [2.75, 3.05) is 0 Å². The molecule has 0 bridgehead atoms. The monoisotopic (exact) mass is 284 g/mol. The van der Waals surface area contributed by atoms with Crippen LogP contribution in [0.3, 0.4) is 0 Å². The summed E-state index contributed by atoms with van der Waals surface area (Å²) in [6, 6.07) is 13.2. The van der Waals surface area contributed by atoms with E-state index in [1.54, 1.807) is 6.92 Å². The number of benzene rings is 1. The second kappa shape index (κ2) is 5.26. The highest BCUT2D eigenvalue weighted by atomic mass is 32.1. The van der Waals surface area contributed by atoms with Crippen LogP contribution in [0.4, 0.5) is 10.7 Å². The van der Waals surface area contributed by atoms with Crippen LogP contribution in [0.5, 0.6) is 5.88 Å². The Kier molecular flexibility index (Phi) is 3.30.